The maximum atomic E-state index is 11.1. The summed E-state index contributed by atoms with van der Waals surface area (Å²) in [7, 11) is 3.95. The van der Waals surface area contributed by atoms with E-state index in [1.807, 2.05) is 21.7 Å². The first-order valence-electron chi connectivity index (χ1n) is 11.5. The molecule has 32 heavy (non-hydrogen) atoms. The number of hydrogen-bond acceptors (Lipinski definition) is 7. The van der Waals surface area contributed by atoms with E-state index < -0.39 is 0 Å². The highest BCUT2D eigenvalue weighted by atomic mass is 16.2. The highest BCUT2D eigenvalue weighted by Gasteiger charge is 2.24. The largest absolute Gasteiger partial charge is 0.340 e. The molecule has 0 aromatic carbocycles. The average Bonchev–Trinajstić information content (AvgIpc) is 2.74. The lowest BCUT2D eigenvalue weighted by Gasteiger charge is -2.33. The summed E-state index contributed by atoms with van der Waals surface area (Å²) in [5.74, 6) is 0.170. The Morgan fingerprint density at radius 1 is 0.656 bits per heavy atom. The molecule has 0 radical (unpaired) electrons. The third-order valence-corrected chi connectivity index (χ3v) is 6.01. The van der Waals surface area contributed by atoms with E-state index in [0.29, 0.717) is 13.1 Å². The van der Waals surface area contributed by atoms with E-state index in [1.165, 1.54) is 11.8 Å². The summed E-state index contributed by atoms with van der Waals surface area (Å²) in [4.78, 5) is 55.2. The minimum atomic E-state index is -0.150. The van der Waals surface area contributed by atoms with Gasteiger partial charge in [0.15, 0.2) is 0 Å². The molecule has 0 aliphatic carbocycles. The zero-order chi connectivity index (χ0) is 24.3. The fraction of sp³-hybridized carbons (Fsp3) is 0.818. The molecule has 0 bridgehead atoms. The highest BCUT2D eigenvalue weighted by Crippen LogP contribution is 2.01. The average molecular weight is 455 g/mol. The second-order valence-electron chi connectivity index (χ2n) is 8.55. The second-order valence-corrected chi connectivity index (χ2v) is 8.55. The molecule has 0 saturated carbocycles. The molecule has 0 aromatic rings. The van der Waals surface area contributed by atoms with Gasteiger partial charge in [0, 0.05) is 86.2 Å². The van der Waals surface area contributed by atoms with Crippen LogP contribution >= 0.6 is 0 Å². The summed E-state index contributed by atoms with van der Waals surface area (Å²) in [5.41, 5.74) is 0. The van der Waals surface area contributed by atoms with Gasteiger partial charge in [-0.05, 0) is 20.6 Å². The molecule has 4 amide bonds. The molecule has 3 saturated heterocycles. The van der Waals surface area contributed by atoms with Crippen LogP contribution in [0.1, 0.15) is 27.7 Å². The minimum Gasteiger partial charge on any atom is -0.340 e. The molecule has 0 aromatic heterocycles. The Balaban J connectivity index is 0.000000240. The van der Waals surface area contributed by atoms with Gasteiger partial charge in [0.25, 0.3) is 0 Å². The van der Waals surface area contributed by atoms with Crippen LogP contribution in [0.4, 0.5) is 0 Å². The molecule has 0 atom stereocenters. The van der Waals surface area contributed by atoms with E-state index in [2.05, 4.69) is 23.8 Å². The lowest BCUT2D eigenvalue weighted by molar-refractivity contribution is -0.147. The fourth-order valence-electron chi connectivity index (χ4n) is 3.62. The van der Waals surface area contributed by atoms with Crippen LogP contribution in [0.5, 0.6) is 0 Å². The topological polar surface area (TPSA) is 87.7 Å². The lowest BCUT2D eigenvalue weighted by atomic mass is 10.3. The number of likely N-dealkylation sites (N-methyl/N-ethyl adjacent to an activating group) is 3. The van der Waals surface area contributed by atoms with Crippen LogP contribution in [0.15, 0.2) is 0 Å². The quantitative estimate of drug-likeness (QED) is 0.516. The number of hydrogen-bond donors (Lipinski definition) is 0. The van der Waals surface area contributed by atoms with E-state index in [1.54, 1.807) is 13.8 Å². The number of imide groups is 1. The molecule has 3 aliphatic rings. The number of carbonyl (C=O) groups excluding carboxylic acids is 4. The van der Waals surface area contributed by atoms with Crippen LogP contribution in [-0.2, 0) is 19.2 Å². The van der Waals surface area contributed by atoms with Gasteiger partial charge >= 0.3 is 0 Å². The molecule has 3 heterocycles. The Kier molecular flexibility index (Phi) is 12.4. The summed E-state index contributed by atoms with van der Waals surface area (Å²) in [5, 5.41) is 0. The Morgan fingerprint density at radius 3 is 1.47 bits per heavy atom. The van der Waals surface area contributed by atoms with Crippen LogP contribution < -0.4 is 0 Å². The van der Waals surface area contributed by atoms with E-state index in [4.69, 9.17) is 0 Å². The molecule has 0 unspecified atom stereocenters. The molecule has 10 heteroatoms. The van der Waals surface area contributed by atoms with Crippen molar-refractivity contribution in [2.24, 2.45) is 0 Å². The van der Waals surface area contributed by atoms with Crippen molar-refractivity contribution in [1.29, 1.82) is 0 Å². The van der Waals surface area contributed by atoms with Crippen molar-refractivity contribution in [3.63, 3.8) is 0 Å². The Hall–Kier alpha value is -2.04. The van der Waals surface area contributed by atoms with E-state index >= 15 is 0 Å². The van der Waals surface area contributed by atoms with Gasteiger partial charge in [-0.1, -0.05) is 6.92 Å². The van der Waals surface area contributed by atoms with Crippen molar-refractivity contribution in [2.45, 2.75) is 27.7 Å². The first kappa shape index (κ1) is 28.0. The molecule has 10 nitrogen and oxygen atoms in total. The van der Waals surface area contributed by atoms with Gasteiger partial charge in [0.05, 0.1) is 6.54 Å². The predicted molar refractivity (Wildman–Crippen MR) is 124 cm³/mol. The first-order chi connectivity index (χ1) is 15.0. The molecular formula is C22H42N6O4. The summed E-state index contributed by atoms with van der Waals surface area (Å²) >= 11 is 0. The first-order valence-corrected chi connectivity index (χ1v) is 11.5. The van der Waals surface area contributed by atoms with Crippen molar-refractivity contribution in [1.82, 2.24) is 29.4 Å². The molecule has 0 spiro atoms. The molecule has 3 rings (SSSR count). The number of rotatable bonds is 1. The van der Waals surface area contributed by atoms with Crippen molar-refractivity contribution < 1.29 is 19.2 Å². The molecular weight excluding hydrogens is 412 g/mol. The number of carbonyl (C=O) groups is 4. The number of nitrogens with zero attached hydrogens (tertiary/aromatic N) is 6. The minimum absolute atomic E-state index is 0.0914. The monoisotopic (exact) mass is 454 g/mol. The molecule has 3 fully saturated rings. The van der Waals surface area contributed by atoms with Crippen molar-refractivity contribution in [2.75, 3.05) is 92.6 Å². The van der Waals surface area contributed by atoms with Crippen molar-refractivity contribution in [3.8, 4) is 0 Å². The SMILES string of the molecule is CC(=O)N1CCN(C)CC1.CC(=O)N1CCN(C)CC1=O.CCN1CCN(C(C)=O)CC1. The van der Waals surface area contributed by atoms with Crippen LogP contribution in [-0.4, -0.2) is 146 Å². The molecule has 3 aliphatic heterocycles. The summed E-state index contributed by atoms with van der Waals surface area (Å²) in [6.45, 7) is 17.3. The summed E-state index contributed by atoms with van der Waals surface area (Å²) in [6.07, 6.45) is 0. The van der Waals surface area contributed by atoms with Crippen LogP contribution in [0.3, 0.4) is 0 Å². The van der Waals surface area contributed by atoms with Crippen molar-refractivity contribution in [3.05, 3.63) is 0 Å². The van der Waals surface area contributed by atoms with Gasteiger partial charge in [-0.25, -0.2) is 0 Å². The number of amides is 4. The van der Waals surface area contributed by atoms with Crippen LogP contribution in [0.2, 0.25) is 0 Å². The molecule has 0 N–H and O–H groups in total. The Bertz CT molecular complexity index is 628. The summed E-state index contributed by atoms with van der Waals surface area (Å²) in [6, 6.07) is 0. The van der Waals surface area contributed by atoms with E-state index in [-0.39, 0.29) is 23.6 Å². The van der Waals surface area contributed by atoms with Gasteiger partial charge in [-0.15, -0.1) is 0 Å². The van der Waals surface area contributed by atoms with Crippen LogP contribution in [0, 0.1) is 0 Å². The zero-order valence-electron chi connectivity index (χ0n) is 20.8. The Labute approximate surface area is 193 Å². The third kappa shape index (κ3) is 10.1. The maximum absolute atomic E-state index is 11.1. The van der Waals surface area contributed by atoms with Gasteiger partial charge in [0.2, 0.25) is 23.6 Å². The zero-order valence-corrected chi connectivity index (χ0v) is 20.8. The predicted octanol–water partition coefficient (Wildman–Crippen LogP) is -0.742. The normalized spacial score (nSPS) is 20.7. The van der Waals surface area contributed by atoms with Gasteiger partial charge in [-0.3, -0.25) is 29.0 Å². The van der Waals surface area contributed by atoms with Crippen LogP contribution in [0.25, 0.3) is 0 Å². The lowest BCUT2D eigenvalue weighted by Crippen LogP contribution is -2.50. The maximum Gasteiger partial charge on any atom is 0.243 e. The van der Waals surface area contributed by atoms with Gasteiger partial charge in [-0.2, -0.15) is 0 Å². The second kappa shape index (κ2) is 14.2. The molecule has 184 valence electrons. The van der Waals surface area contributed by atoms with Gasteiger partial charge in [0.1, 0.15) is 0 Å². The van der Waals surface area contributed by atoms with E-state index in [0.717, 1.165) is 65.4 Å². The highest BCUT2D eigenvalue weighted by molar-refractivity contribution is 5.95. The summed E-state index contributed by atoms with van der Waals surface area (Å²) < 4.78 is 0. The van der Waals surface area contributed by atoms with Gasteiger partial charge < -0.3 is 19.6 Å². The fourth-order valence-corrected chi connectivity index (χ4v) is 3.62. The van der Waals surface area contributed by atoms with Crippen molar-refractivity contribution >= 4 is 23.6 Å². The standard InChI is InChI=1S/C8H16N2O.C7H12N2O2.C7H14N2O/c1-3-9-4-6-10(7-5-9)8(2)11;1-6(10)9-4-3-8(2)5-7(9)11;1-7(10)9-5-3-8(2)4-6-9/h3-7H2,1-2H3;3-5H2,1-2H3;3-6H2,1-2H3. The third-order valence-electron chi connectivity index (χ3n) is 6.01. The Morgan fingerprint density at radius 2 is 1.09 bits per heavy atom. The number of piperazine rings is 3. The van der Waals surface area contributed by atoms with E-state index in [9.17, 15) is 19.2 Å². The smallest absolute Gasteiger partial charge is 0.243 e.